The van der Waals surface area contributed by atoms with Crippen LogP contribution in [0.3, 0.4) is 0 Å². The Morgan fingerprint density at radius 2 is 2.11 bits per heavy atom. The number of hydrogen-bond donors (Lipinski definition) is 1. The summed E-state index contributed by atoms with van der Waals surface area (Å²) < 4.78 is 0. The molecule has 3 nitrogen and oxygen atoms in total. The average Bonchev–Trinajstić information content (AvgIpc) is 2.81. The SMILES string of the molecule is CCCNC(Cc1nc(C)cs1)c1ccc(C)nc1. The van der Waals surface area contributed by atoms with Crippen molar-refractivity contribution in [3.63, 3.8) is 0 Å². The lowest BCUT2D eigenvalue weighted by molar-refractivity contribution is 0.526. The van der Waals surface area contributed by atoms with Crippen LogP contribution in [0.4, 0.5) is 0 Å². The maximum atomic E-state index is 4.56. The predicted octanol–water partition coefficient (Wildman–Crippen LogP) is 3.44. The highest BCUT2D eigenvalue weighted by molar-refractivity contribution is 7.09. The van der Waals surface area contributed by atoms with E-state index in [9.17, 15) is 0 Å². The van der Waals surface area contributed by atoms with Crippen LogP contribution >= 0.6 is 11.3 Å². The van der Waals surface area contributed by atoms with E-state index in [4.69, 9.17) is 0 Å². The molecule has 1 unspecified atom stereocenters. The molecule has 0 saturated heterocycles. The Labute approximate surface area is 119 Å². The van der Waals surface area contributed by atoms with E-state index in [-0.39, 0.29) is 0 Å². The summed E-state index contributed by atoms with van der Waals surface area (Å²) in [5.74, 6) is 0. The van der Waals surface area contributed by atoms with Crippen molar-refractivity contribution in [2.75, 3.05) is 6.54 Å². The Bertz CT molecular complexity index is 504. The van der Waals surface area contributed by atoms with E-state index in [1.54, 1.807) is 11.3 Å². The van der Waals surface area contributed by atoms with E-state index >= 15 is 0 Å². The van der Waals surface area contributed by atoms with Gasteiger partial charge >= 0.3 is 0 Å². The molecule has 0 saturated carbocycles. The Morgan fingerprint density at radius 3 is 2.68 bits per heavy atom. The molecule has 0 aliphatic heterocycles. The first-order valence-electron chi connectivity index (χ1n) is 6.76. The van der Waals surface area contributed by atoms with Gasteiger partial charge in [0.15, 0.2) is 0 Å². The van der Waals surface area contributed by atoms with Crippen LogP contribution in [0, 0.1) is 13.8 Å². The molecule has 4 heteroatoms. The molecule has 0 aliphatic carbocycles. The quantitative estimate of drug-likeness (QED) is 0.877. The third kappa shape index (κ3) is 4.11. The first-order chi connectivity index (χ1) is 9.19. The maximum absolute atomic E-state index is 4.56. The van der Waals surface area contributed by atoms with Crippen molar-refractivity contribution in [2.24, 2.45) is 0 Å². The Morgan fingerprint density at radius 1 is 1.26 bits per heavy atom. The standard InChI is InChI=1S/C15H21N3S/c1-4-7-16-14(8-15-18-12(3)10-19-15)13-6-5-11(2)17-9-13/h5-6,9-10,14,16H,4,7-8H2,1-3H3. The summed E-state index contributed by atoms with van der Waals surface area (Å²) in [5.41, 5.74) is 3.41. The fourth-order valence-corrected chi connectivity index (χ4v) is 2.80. The van der Waals surface area contributed by atoms with Crippen molar-refractivity contribution < 1.29 is 0 Å². The highest BCUT2D eigenvalue weighted by Gasteiger charge is 2.13. The van der Waals surface area contributed by atoms with Crippen LogP contribution in [-0.4, -0.2) is 16.5 Å². The Hall–Kier alpha value is -1.26. The minimum atomic E-state index is 0.304. The predicted molar refractivity (Wildman–Crippen MR) is 80.6 cm³/mol. The smallest absolute Gasteiger partial charge is 0.0947 e. The van der Waals surface area contributed by atoms with Gasteiger partial charge in [-0.3, -0.25) is 4.98 Å². The normalized spacial score (nSPS) is 12.6. The number of thiazole rings is 1. The monoisotopic (exact) mass is 275 g/mol. The van der Waals surface area contributed by atoms with Crippen LogP contribution in [-0.2, 0) is 6.42 Å². The third-order valence-corrected chi connectivity index (χ3v) is 4.01. The van der Waals surface area contributed by atoms with Gasteiger partial charge in [-0.15, -0.1) is 11.3 Å². The van der Waals surface area contributed by atoms with Crippen molar-refractivity contribution in [1.29, 1.82) is 0 Å². The zero-order chi connectivity index (χ0) is 13.7. The first kappa shape index (κ1) is 14.2. The molecule has 1 N–H and O–H groups in total. The van der Waals surface area contributed by atoms with E-state index in [1.165, 1.54) is 10.6 Å². The van der Waals surface area contributed by atoms with Crippen molar-refractivity contribution in [2.45, 2.75) is 39.7 Å². The molecule has 0 amide bonds. The molecule has 0 spiro atoms. The van der Waals surface area contributed by atoms with E-state index in [0.29, 0.717) is 6.04 Å². The molecule has 2 aromatic rings. The molecule has 2 heterocycles. The Kier molecular flexibility index (Phi) is 5.05. The molecule has 2 aromatic heterocycles. The zero-order valence-electron chi connectivity index (χ0n) is 11.8. The zero-order valence-corrected chi connectivity index (χ0v) is 12.6. The van der Waals surface area contributed by atoms with Gasteiger partial charge in [0.1, 0.15) is 0 Å². The molecule has 102 valence electrons. The van der Waals surface area contributed by atoms with Crippen LogP contribution in [0.1, 0.15) is 41.3 Å². The second-order valence-corrected chi connectivity index (χ2v) is 5.77. The van der Waals surface area contributed by atoms with Crippen molar-refractivity contribution in [1.82, 2.24) is 15.3 Å². The van der Waals surface area contributed by atoms with E-state index in [0.717, 1.165) is 30.8 Å². The second-order valence-electron chi connectivity index (χ2n) is 4.83. The molecule has 0 bridgehead atoms. The fourth-order valence-electron chi connectivity index (χ4n) is 1.98. The number of rotatable bonds is 6. The van der Waals surface area contributed by atoms with Crippen LogP contribution in [0.25, 0.3) is 0 Å². The highest BCUT2D eigenvalue weighted by Crippen LogP contribution is 2.20. The summed E-state index contributed by atoms with van der Waals surface area (Å²) in [5, 5.41) is 6.89. The summed E-state index contributed by atoms with van der Waals surface area (Å²) in [6.45, 7) is 7.26. The minimum absolute atomic E-state index is 0.304. The van der Waals surface area contributed by atoms with Gasteiger partial charge < -0.3 is 5.32 Å². The van der Waals surface area contributed by atoms with Crippen molar-refractivity contribution in [3.8, 4) is 0 Å². The third-order valence-electron chi connectivity index (χ3n) is 3.02. The lowest BCUT2D eigenvalue weighted by Gasteiger charge is -2.17. The second kappa shape index (κ2) is 6.78. The van der Waals surface area contributed by atoms with Gasteiger partial charge in [-0.2, -0.15) is 0 Å². The summed E-state index contributed by atoms with van der Waals surface area (Å²) in [6.07, 6.45) is 4.04. The van der Waals surface area contributed by atoms with Crippen molar-refractivity contribution >= 4 is 11.3 Å². The van der Waals surface area contributed by atoms with Gasteiger partial charge in [-0.05, 0) is 38.4 Å². The summed E-state index contributed by atoms with van der Waals surface area (Å²) in [6, 6.07) is 4.54. The van der Waals surface area contributed by atoms with E-state index < -0.39 is 0 Å². The van der Waals surface area contributed by atoms with Gasteiger partial charge in [0.05, 0.1) is 5.01 Å². The van der Waals surface area contributed by atoms with Crippen LogP contribution in [0.5, 0.6) is 0 Å². The Balaban J connectivity index is 2.13. The number of nitrogens with one attached hydrogen (secondary N) is 1. The van der Waals surface area contributed by atoms with Gasteiger partial charge in [0.25, 0.3) is 0 Å². The fraction of sp³-hybridized carbons (Fsp3) is 0.467. The van der Waals surface area contributed by atoms with Gasteiger partial charge in [0, 0.05) is 35.4 Å². The topological polar surface area (TPSA) is 37.8 Å². The summed E-state index contributed by atoms with van der Waals surface area (Å²) in [4.78, 5) is 8.96. The van der Waals surface area contributed by atoms with Crippen LogP contribution < -0.4 is 5.32 Å². The van der Waals surface area contributed by atoms with Crippen molar-refractivity contribution in [3.05, 3.63) is 45.7 Å². The van der Waals surface area contributed by atoms with Gasteiger partial charge in [0.2, 0.25) is 0 Å². The molecule has 2 rings (SSSR count). The van der Waals surface area contributed by atoms with Gasteiger partial charge in [-0.1, -0.05) is 13.0 Å². The molecular weight excluding hydrogens is 254 g/mol. The molecular formula is C15H21N3S. The summed E-state index contributed by atoms with van der Waals surface area (Å²) in [7, 11) is 0. The number of pyridine rings is 1. The molecule has 1 atom stereocenters. The number of nitrogens with zero attached hydrogens (tertiary/aromatic N) is 2. The van der Waals surface area contributed by atoms with Gasteiger partial charge in [-0.25, -0.2) is 4.98 Å². The number of aromatic nitrogens is 2. The molecule has 0 aliphatic rings. The first-order valence-corrected chi connectivity index (χ1v) is 7.64. The van der Waals surface area contributed by atoms with E-state index in [1.807, 2.05) is 20.0 Å². The number of aryl methyl sites for hydroxylation is 2. The number of hydrogen-bond acceptors (Lipinski definition) is 4. The molecule has 0 aromatic carbocycles. The highest BCUT2D eigenvalue weighted by atomic mass is 32.1. The van der Waals surface area contributed by atoms with E-state index in [2.05, 4.69) is 39.7 Å². The lowest BCUT2D eigenvalue weighted by Crippen LogP contribution is -2.24. The molecule has 0 radical (unpaired) electrons. The van der Waals surface area contributed by atoms with Crippen LogP contribution in [0.15, 0.2) is 23.7 Å². The average molecular weight is 275 g/mol. The minimum Gasteiger partial charge on any atom is -0.310 e. The summed E-state index contributed by atoms with van der Waals surface area (Å²) >= 11 is 1.74. The maximum Gasteiger partial charge on any atom is 0.0947 e. The molecule has 19 heavy (non-hydrogen) atoms. The molecule has 0 fully saturated rings. The lowest BCUT2D eigenvalue weighted by atomic mass is 10.1. The largest absolute Gasteiger partial charge is 0.310 e. The van der Waals surface area contributed by atoms with Crippen LogP contribution in [0.2, 0.25) is 0 Å².